The molecule has 1 rings (SSSR count). The molecule has 6 nitrogen and oxygen atoms in total. The predicted octanol–water partition coefficient (Wildman–Crippen LogP) is 1.68. The van der Waals surface area contributed by atoms with Gasteiger partial charge in [-0.1, -0.05) is 6.08 Å². The van der Waals surface area contributed by atoms with Crippen molar-refractivity contribution in [3.63, 3.8) is 0 Å². The quantitative estimate of drug-likeness (QED) is 0.460. The van der Waals surface area contributed by atoms with Crippen LogP contribution in [0.25, 0.3) is 0 Å². The third kappa shape index (κ3) is 3.04. The number of nitro groups is 1. The molecule has 0 aliphatic heterocycles. The van der Waals surface area contributed by atoms with E-state index in [9.17, 15) is 14.9 Å². The first-order valence-corrected chi connectivity index (χ1v) is 4.93. The second-order valence-corrected chi connectivity index (χ2v) is 3.52. The summed E-state index contributed by atoms with van der Waals surface area (Å²) in [6, 6.07) is 3.78. The molecule has 1 aromatic rings. The van der Waals surface area contributed by atoms with Crippen molar-refractivity contribution in [3.8, 4) is 0 Å². The van der Waals surface area contributed by atoms with E-state index in [0.29, 0.717) is 0 Å². The van der Waals surface area contributed by atoms with Crippen molar-refractivity contribution < 1.29 is 9.72 Å². The molecule has 17 heavy (non-hydrogen) atoms. The van der Waals surface area contributed by atoms with Gasteiger partial charge < -0.3 is 11.1 Å². The Balaban J connectivity index is 3.20. The van der Waals surface area contributed by atoms with Gasteiger partial charge in [-0.2, -0.15) is 0 Å². The molecule has 6 heteroatoms. The van der Waals surface area contributed by atoms with Crippen LogP contribution >= 0.6 is 0 Å². The first kappa shape index (κ1) is 12.7. The number of primary amides is 1. The van der Waals surface area contributed by atoms with Gasteiger partial charge in [0.15, 0.2) is 0 Å². The summed E-state index contributed by atoms with van der Waals surface area (Å²) < 4.78 is 0. The van der Waals surface area contributed by atoms with Crippen LogP contribution in [0.1, 0.15) is 17.3 Å². The second kappa shape index (κ2) is 5.11. The summed E-state index contributed by atoms with van der Waals surface area (Å²) in [5.74, 6) is -0.630. The number of carbonyl (C=O) groups is 1. The number of nitrogens with two attached hydrogens (primary N) is 1. The summed E-state index contributed by atoms with van der Waals surface area (Å²) in [5, 5.41) is 13.7. The Labute approximate surface area is 98.3 Å². The lowest BCUT2D eigenvalue weighted by atomic mass is 10.1. The molecule has 1 unspecified atom stereocenters. The van der Waals surface area contributed by atoms with E-state index < -0.39 is 10.8 Å². The minimum absolute atomic E-state index is 0.108. The summed E-state index contributed by atoms with van der Waals surface area (Å²) in [6.07, 6.45) is 1.60. The van der Waals surface area contributed by atoms with Crippen molar-refractivity contribution in [1.29, 1.82) is 0 Å². The molecule has 1 amide bonds. The molecule has 0 saturated heterocycles. The SMILES string of the molecule is C=CC(C)Nc1cc(C(N)=O)ccc1[N+](=O)[O-]. The first-order valence-electron chi connectivity index (χ1n) is 4.93. The van der Waals surface area contributed by atoms with Crippen LogP contribution in [0.2, 0.25) is 0 Å². The summed E-state index contributed by atoms with van der Waals surface area (Å²) in [7, 11) is 0. The molecule has 0 aromatic heterocycles. The number of nitrogens with zero attached hydrogens (tertiary/aromatic N) is 1. The number of rotatable bonds is 5. The Bertz CT molecular complexity index is 471. The van der Waals surface area contributed by atoms with Crippen LogP contribution in [-0.2, 0) is 0 Å². The van der Waals surface area contributed by atoms with Crippen LogP contribution in [0.4, 0.5) is 11.4 Å². The van der Waals surface area contributed by atoms with E-state index in [0.717, 1.165) is 0 Å². The fraction of sp³-hybridized carbons (Fsp3) is 0.182. The molecular formula is C11H13N3O3. The van der Waals surface area contributed by atoms with E-state index in [4.69, 9.17) is 5.73 Å². The van der Waals surface area contributed by atoms with Crippen LogP contribution in [0.3, 0.4) is 0 Å². The summed E-state index contributed by atoms with van der Waals surface area (Å²) in [5.41, 5.74) is 5.47. The van der Waals surface area contributed by atoms with Crippen LogP contribution in [0.15, 0.2) is 30.9 Å². The molecule has 0 spiro atoms. The van der Waals surface area contributed by atoms with Gasteiger partial charge in [0.2, 0.25) is 5.91 Å². The number of benzene rings is 1. The van der Waals surface area contributed by atoms with Crippen LogP contribution in [-0.4, -0.2) is 16.9 Å². The van der Waals surface area contributed by atoms with E-state index in [1.54, 1.807) is 13.0 Å². The highest BCUT2D eigenvalue weighted by Crippen LogP contribution is 2.26. The zero-order valence-electron chi connectivity index (χ0n) is 9.34. The highest BCUT2D eigenvalue weighted by Gasteiger charge is 2.16. The van der Waals surface area contributed by atoms with Gasteiger partial charge in [-0.3, -0.25) is 14.9 Å². The molecule has 0 aliphatic rings. The molecule has 0 radical (unpaired) electrons. The normalized spacial score (nSPS) is 11.6. The van der Waals surface area contributed by atoms with Crippen molar-refractivity contribution in [1.82, 2.24) is 0 Å². The van der Waals surface area contributed by atoms with Crippen molar-refractivity contribution in [3.05, 3.63) is 46.5 Å². The summed E-state index contributed by atoms with van der Waals surface area (Å²) in [4.78, 5) is 21.3. The Morgan fingerprint density at radius 2 is 2.29 bits per heavy atom. The summed E-state index contributed by atoms with van der Waals surface area (Å²) in [6.45, 7) is 5.35. The third-order valence-electron chi connectivity index (χ3n) is 2.21. The Hall–Kier alpha value is -2.37. The lowest BCUT2D eigenvalue weighted by molar-refractivity contribution is -0.384. The average Bonchev–Trinajstić information content (AvgIpc) is 2.28. The molecule has 0 saturated carbocycles. The standard InChI is InChI=1S/C11H13N3O3/c1-3-7(2)13-9-6-8(11(12)15)4-5-10(9)14(16)17/h3-7,13H,1H2,2H3,(H2,12,15). The van der Waals surface area contributed by atoms with E-state index in [-0.39, 0.29) is 23.0 Å². The van der Waals surface area contributed by atoms with Gasteiger partial charge in [0.1, 0.15) is 5.69 Å². The van der Waals surface area contributed by atoms with E-state index in [1.807, 2.05) is 0 Å². The number of amides is 1. The van der Waals surface area contributed by atoms with E-state index >= 15 is 0 Å². The van der Waals surface area contributed by atoms with E-state index in [1.165, 1.54) is 18.2 Å². The Morgan fingerprint density at radius 1 is 1.65 bits per heavy atom. The van der Waals surface area contributed by atoms with Gasteiger partial charge in [-0.05, 0) is 19.1 Å². The zero-order valence-corrected chi connectivity index (χ0v) is 9.34. The minimum atomic E-state index is -0.630. The fourth-order valence-corrected chi connectivity index (χ4v) is 1.27. The second-order valence-electron chi connectivity index (χ2n) is 3.52. The van der Waals surface area contributed by atoms with Crippen LogP contribution in [0.5, 0.6) is 0 Å². The number of carbonyl (C=O) groups excluding carboxylic acids is 1. The van der Waals surface area contributed by atoms with Crippen molar-refractivity contribution >= 4 is 17.3 Å². The number of hydrogen-bond donors (Lipinski definition) is 2. The van der Waals surface area contributed by atoms with Gasteiger partial charge in [0, 0.05) is 17.7 Å². The van der Waals surface area contributed by atoms with Crippen molar-refractivity contribution in [2.24, 2.45) is 5.73 Å². The Kier molecular flexibility index (Phi) is 3.82. The average molecular weight is 235 g/mol. The number of anilines is 1. The maximum Gasteiger partial charge on any atom is 0.292 e. The molecule has 0 aliphatic carbocycles. The highest BCUT2D eigenvalue weighted by molar-refractivity contribution is 5.94. The molecule has 1 aromatic carbocycles. The van der Waals surface area contributed by atoms with Gasteiger partial charge in [0.25, 0.3) is 5.69 Å². The summed E-state index contributed by atoms with van der Waals surface area (Å²) >= 11 is 0. The van der Waals surface area contributed by atoms with E-state index in [2.05, 4.69) is 11.9 Å². The number of hydrogen-bond acceptors (Lipinski definition) is 4. The maximum absolute atomic E-state index is 11.0. The topological polar surface area (TPSA) is 98.3 Å². The third-order valence-corrected chi connectivity index (χ3v) is 2.21. The molecule has 0 heterocycles. The molecule has 3 N–H and O–H groups in total. The number of nitro benzene ring substituents is 1. The number of nitrogens with one attached hydrogen (secondary N) is 1. The van der Waals surface area contributed by atoms with Crippen LogP contribution < -0.4 is 11.1 Å². The molecule has 0 fully saturated rings. The molecule has 1 atom stereocenters. The molecular weight excluding hydrogens is 222 g/mol. The lowest BCUT2D eigenvalue weighted by Crippen LogP contribution is -2.15. The Morgan fingerprint density at radius 3 is 2.76 bits per heavy atom. The monoisotopic (exact) mass is 235 g/mol. The highest BCUT2D eigenvalue weighted by atomic mass is 16.6. The molecule has 0 bridgehead atoms. The maximum atomic E-state index is 11.0. The van der Waals surface area contributed by atoms with Crippen LogP contribution in [0, 0.1) is 10.1 Å². The minimum Gasteiger partial charge on any atom is -0.374 e. The molecule has 90 valence electrons. The lowest BCUT2D eigenvalue weighted by Gasteiger charge is -2.11. The van der Waals surface area contributed by atoms with Crippen molar-refractivity contribution in [2.75, 3.05) is 5.32 Å². The van der Waals surface area contributed by atoms with Gasteiger partial charge in [-0.15, -0.1) is 6.58 Å². The van der Waals surface area contributed by atoms with Gasteiger partial charge in [-0.25, -0.2) is 0 Å². The zero-order chi connectivity index (χ0) is 13.0. The largest absolute Gasteiger partial charge is 0.374 e. The predicted molar refractivity (Wildman–Crippen MR) is 64.9 cm³/mol. The smallest absolute Gasteiger partial charge is 0.292 e. The van der Waals surface area contributed by atoms with Gasteiger partial charge in [0.05, 0.1) is 4.92 Å². The fourth-order valence-electron chi connectivity index (χ4n) is 1.27. The van der Waals surface area contributed by atoms with Gasteiger partial charge >= 0.3 is 0 Å². The first-order chi connectivity index (χ1) is 7.95. The van der Waals surface area contributed by atoms with Crippen molar-refractivity contribution in [2.45, 2.75) is 13.0 Å².